The highest BCUT2D eigenvalue weighted by Crippen LogP contribution is 2.32. The summed E-state index contributed by atoms with van der Waals surface area (Å²) in [5.41, 5.74) is 2.16. The van der Waals surface area contributed by atoms with Crippen molar-refractivity contribution in [2.24, 2.45) is 0 Å². The number of carbonyl (C=O) groups excluding carboxylic acids is 2. The number of carbonyl (C=O) groups is 2. The van der Waals surface area contributed by atoms with Crippen LogP contribution in [0.3, 0.4) is 0 Å². The number of rotatable bonds is 6. The maximum atomic E-state index is 13.2. The molecule has 156 valence electrons. The third kappa shape index (κ3) is 3.95. The molecule has 0 spiro atoms. The summed E-state index contributed by atoms with van der Waals surface area (Å²) < 4.78 is 10.7. The monoisotopic (exact) mass is 425 g/mol. The number of aromatic nitrogens is 1. The number of benzene rings is 2. The topological polar surface area (TPSA) is 83.7 Å². The van der Waals surface area contributed by atoms with Crippen molar-refractivity contribution >= 4 is 34.5 Å². The van der Waals surface area contributed by atoms with Crippen LogP contribution in [0.5, 0.6) is 11.5 Å². The Morgan fingerprint density at radius 1 is 1.17 bits per heavy atom. The number of hydrogen-bond donors (Lipinski definition) is 2. The molecule has 4 rings (SSSR count). The minimum absolute atomic E-state index is 0.146. The van der Waals surface area contributed by atoms with Crippen LogP contribution >= 0.6 is 11.8 Å². The lowest BCUT2D eigenvalue weighted by Gasteiger charge is -2.22. The van der Waals surface area contributed by atoms with Gasteiger partial charge in [0.1, 0.15) is 23.2 Å². The molecule has 0 radical (unpaired) electrons. The normalized spacial score (nSPS) is 15.9. The fourth-order valence-electron chi connectivity index (χ4n) is 3.50. The molecule has 2 heterocycles. The highest BCUT2D eigenvalue weighted by molar-refractivity contribution is 7.99. The Hall–Kier alpha value is -3.13. The van der Waals surface area contributed by atoms with E-state index in [9.17, 15) is 9.59 Å². The van der Waals surface area contributed by atoms with E-state index in [1.807, 2.05) is 36.4 Å². The largest absolute Gasteiger partial charge is 0.497 e. The lowest BCUT2D eigenvalue weighted by Crippen LogP contribution is -2.47. The van der Waals surface area contributed by atoms with Gasteiger partial charge < -0.3 is 24.7 Å². The number of hydrogen-bond acceptors (Lipinski definition) is 5. The fourth-order valence-corrected chi connectivity index (χ4v) is 4.65. The van der Waals surface area contributed by atoms with Gasteiger partial charge in [-0.3, -0.25) is 9.59 Å². The zero-order chi connectivity index (χ0) is 21.1. The van der Waals surface area contributed by atoms with Crippen LogP contribution in [0.15, 0.2) is 48.5 Å². The van der Waals surface area contributed by atoms with E-state index >= 15 is 0 Å². The van der Waals surface area contributed by atoms with E-state index in [0.29, 0.717) is 35.4 Å². The number of amides is 2. The van der Waals surface area contributed by atoms with E-state index < -0.39 is 6.04 Å². The molecule has 0 unspecified atom stereocenters. The van der Waals surface area contributed by atoms with Gasteiger partial charge in [-0.15, -0.1) is 11.8 Å². The van der Waals surface area contributed by atoms with Gasteiger partial charge >= 0.3 is 0 Å². The number of nitrogens with zero attached hydrogens (tertiary/aromatic N) is 1. The number of thioether (sulfide) groups is 1. The van der Waals surface area contributed by atoms with Crippen molar-refractivity contribution in [1.29, 1.82) is 0 Å². The molecule has 0 bridgehead atoms. The summed E-state index contributed by atoms with van der Waals surface area (Å²) in [6.07, 6.45) is 0. The Morgan fingerprint density at radius 2 is 1.97 bits per heavy atom. The summed E-state index contributed by atoms with van der Waals surface area (Å²) in [6.45, 7) is 0.437. The van der Waals surface area contributed by atoms with Gasteiger partial charge in [-0.1, -0.05) is 30.3 Å². The molecular weight excluding hydrogens is 402 g/mol. The van der Waals surface area contributed by atoms with E-state index in [0.717, 1.165) is 16.5 Å². The summed E-state index contributed by atoms with van der Waals surface area (Å²) in [5, 5.41) is 3.76. The highest BCUT2D eigenvalue weighted by Gasteiger charge is 2.35. The number of H-pyrrole nitrogens is 1. The van der Waals surface area contributed by atoms with E-state index in [4.69, 9.17) is 9.47 Å². The number of aromatic amines is 1. The number of fused-ring (bicyclic) bond motifs is 1. The van der Waals surface area contributed by atoms with Gasteiger partial charge in [0.2, 0.25) is 5.91 Å². The molecule has 1 aliphatic rings. The first-order chi connectivity index (χ1) is 14.6. The predicted molar refractivity (Wildman–Crippen MR) is 117 cm³/mol. The second kappa shape index (κ2) is 8.71. The van der Waals surface area contributed by atoms with Gasteiger partial charge in [0.05, 0.1) is 25.6 Å². The van der Waals surface area contributed by atoms with E-state index in [1.165, 1.54) is 0 Å². The average molecular weight is 426 g/mol. The second-order valence-electron chi connectivity index (χ2n) is 6.97. The molecule has 1 fully saturated rings. The Balaban J connectivity index is 1.52. The Labute approximate surface area is 178 Å². The summed E-state index contributed by atoms with van der Waals surface area (Å²) in [7, 11) is 3.15. The summed E-state index contributed by atoms with van der Waals surface area (Å²) in [6, 6.07) is 14.6. The lowest BCUT2D eigenvalue weighted by atomic mass is 10.2. The van der Waals surface area contributed by atoms with Crippen LogP contribution in [0.1, 0.15) is 16.1 Å². The first kappa shape index (κ1) is 20.2. The van der Waals surface area contributed by atoms with E-state index in [2.05, 4.69) is 10.3 Å². The molecular formula is C22H23N3O4S. The fraction of sp³-hybridized carbons (Fsp3) is 0.273. The Bertz CT molecular complexity index is 1070. The van der Waals surface area contributed by atoms with E-state index in [1.54, 1.807) is 43.0 Å². The average Bonchev–Trinajstić information content (AvgIpc) is 3.44. The molecule has 1 atom stereocenters. The molecule has 0 saturated carbocycles. The number of nitrogens with one attached hydrogen (secondary N) is 2. The zero-order valence-electron chi connectivity index (χ0n) is 16.8. The van der Waals surface area contributed by atoms with Crippen LogP contribution < -0.4 is 14.8 Å². The zero-order valence-corrected chi connectivity index (χ0v) is 17.6. The maximum Gasteiger partial charge on any atom is 0.271 e. The molecule has 0 aliphatic carbocycles. The van der Waals surface area contributed by atoms with Gasteiger partial charge in [-0.05, 0) is 17.7 Å². The van der Waals surface area contributed by atoms with Crippen molar-refractivity contribution in [3.63, 3.8) is 0 Å². The third-order valence-electron chi connectivity index (χ3n) is 5.11. The maximum absolute atomic E-state index is 13.2. The molecule has 2 N–H and O–H groups in total. The minimum Gasteiger partial charge on any atom is -0.497 e. The predicted octanol–water partition coefficient (Wildman–Crippen LogP) is 3.02. The molecule has 7 nitrogen and oxygen atoms in total. The lowest BCUT2D eigenvalue weighted by molar-refractivity contribution is -0.124. The Morgan fingerprint density at radius 3 is 2.70 bits per heavy atom. The van der Waals surface area contributed by atoms with Crippen LogP contribution in [-0.4, -0.2) is 53.6 Å². The number of ether oxygens (including phenoxy) is 2. The first-order valence-electron chi connectivity index (χ1n) is 9.56. The smallest absolute Gasteiger partial charge is 0.271 e. The standard InChI is InChI=1S/C22H23N3O4S/c1-28-16-8-15-9-17(24-20(15)19(10-16)29-2)22(27)25-13-30-12-18(25)21(26)23-11-14-6-4-3-5-7-14/h3-10,18,24H,11-13H2,1-2H3,(H,23,26)/t18-/m0/s1. The van der Waals surface area contributed by atoms with Crippen LogP contribution in [0.4, 0.5) is 0 Å². The van der Waals surface area contributed by atoms with E-state index in [-0.39, 0.29) is 11.8 Å². The molecule has 1 saturated heterocycles. The molecule has 1 aliphatic heterocycles. The molecule has 3 aromatic rings. The first-order valence-corrected chi connectivity index (χ1v) is 10.7. The van der Waals surface area contributed by atoms with Gasteiger partial charge in [-0.25, -0.2) is 0 Å². The summed E-state index contributed by atoms with van der Waals surface area (Å²) in [4.78, 5) is 30.7. The van der Waals surface area contributed by atoms with Crippen LogP contribution in [0.2, 0.25) is 0 Å². The van der Waals surface area contributed by atoms with Crippen molar-refractivity contribution in [2.45, 2.75) is 12.6 Å². The van der Waals surface area contributed by atoms with Gasteiger partial charge in [0, 0.05) is 23.8 Å². The van der Waals surface area contributed by atoms with Crippen molar-refractivity contribution in [3.05, 3.63) is 59.8 Å². The molecule has 2 amide bonds. The minimum atomic E-state index is -0.506. The van der Waals surface area contributed by atoms with Crippen LogP contribution in [0.25, 0.3) is 10.9 Å². The van der Waals surface area contributed by atoms with Gasteiger partial charge in [0.25, 0.3) is 5.91 Å². The second-order valence-corrected chi connectivity index (χ2v) is 7.97. The molecule has 1 aromatic heterocycles. The summed E-state index contributed by atoms with van der Waals surface area (Å²) in [5.74, 6) is 1.93. The third-order valence-corrected chi connectivity index (χ3v) is 6.12. The Kier molecular flexibility index (Phi) is 5.85. The van der Waals surface area contributed by atoms with Crippen molar-refractivity contribution < 1.29 is 19.1 Å². The highest BCUT2D eigenvalue weighted by atomic mass is 32.2. The summed E-state index contributed by atoms with van der Waals surface area (Å²) >= 11 is 1.57. The molecule has 30 heavy (non-hydrogen) atoms. The van der Waals surface area contributed by atoms with Crippen LogP contribution in [0, 0.1) is 0 Å². The van der Waals surface area contributed by atoms with Crippen molar-refractivity contribution in [2.75, 3.05) is 25.8 Å². The van der Waals surface area contributed by atoms with Crippen molar-refractivity contribution in [3.8, 4) is 11.5 Å². The number of methoxy groups -OCH3 is 2. The van der Waals surface area contributed by atoms with Gasteiger partial charge in [0.15, 0.2) is 0 Å². The quantitative estimate of drug-likeness (QED) is 0.634. The molecule has 8 heteroatoms. The SMILES string of the molecule is COc1cc(OC)c2[nH]c(C(=O)N3CSC[C@H]3C(=O)NCc3ccccc3)cc2c1. The van der Waals surface area contributed by atoms with Crippen LogP contribution in [-0.2, 0) is 11.3 Å². The molecule has 2 aromatic carbocycles. The van der Waals surface area contributed by atoms with Crippen molar-refractivity contribution in [1.82, 2.24) is 15.2 Å². The van der Waals surface area contributed by atoms with Gasteiger partial charge in [-0.2, -0.15) is 0 Å².